The van der Waals surface area contributed by atoms with Gasteiger partial charge in [-0.1, -0.05) is 36.4 Å². The van der Waals surface area contributed by atoms with E-state index >= 15 is 0 Å². The molecule has 2 aromatic heterocycles. The van der Waals surface area contributed by atoms with Crippen LogP contribution in [-0.2, 0) is 26.4 Å². The van der Waals surface area contributed by atoms with Gasteiger partial charge in [-0.05, 0) is 49.7 Å². The van der Waals surface area contributed by atoms with Crippen molar-refractivity contribution in [2.45, 2.75) is 50.4 Å². The molecule has 3 aliphatic heterocycles. The van der Waals surface area contributed by atoms with E-state index in [0.29, 0.717) is 23.3 Å². The van der Waals surface area contributed by atoms with Gasteiger partial charge in [0.25, 0.3) is 11.5 Å². The van der Waals surface area contributed by atoms with Crippen molar-refractivity contribution in [1.82, 2.24) is 19.8 Å². The lowest BCUT2D eigenvalue weighted by Crippen LogP contribution is -2.56. The molecule has 2 aromatic carbocycles. The summed E-state index contributed by atoms with van der Waals surface area (Å²) in [5.74, 6) is -0.423. The minimum atomic E-state index is -4.98. The van der Waals surface area contributed by atoms with Gasteiger partial charge >= 0.3 is 6.18 Å². The third-order valence-corrected chi connectivity index (χ3v) is 10.4. The topological polar surface area (TPSA) is 98.1 Å². The lowest BCUT2D eigenvalue weighted by atomic mass is 9.90. The summed E-state index contributed by atoms with van der Waals surface area (Å²) in [4.78, 5) is 31.3. The molecule has 2 fully saturated rings. The second-order valence-corrected chi connectivity index (χ2v) is 13.5. The van der Waals surface area contributed by atoms with Crippen molar-refractivity contribution in [3.8, 4) is 6.07 Å². The highest BCUT2D eigenvalue weighted by Crippen LogP contribution is 2.46. The minimum Gasteiger partial charge on any atom is -0.370 e. The molecule has 4 aromatic rings. The number of carbonyl (C=O) groups is 1. The minimum absolute atomic E-state index is 0.0161. The number of alkyl halides is 3. The van der Waals surface area contributed by atoms with E-state index in [2.05, 4.69) is 32.7 Å². The van der Waals surface area contributed by atoms with Crippen LogP contribution in [0.3, 0.4) is 0 Å². The summed E-state index contributed by atoms with van der Waals surface area (Å²) >= 11 is 0. The SMILES string of the molecule is COC(C(=O)N1Cc2nc(N3CCN(C[C@H]4CN(c5ccc(C#N)c6ncccc56)C[C@@H](C)O4)CC3)ccc2[C@@H]1C)(c1ccccc1)C(F)(F)F. The number of amides is 1. The van der Waals surface area contributed by atoms with Crippen molar-refractivity contribution in [3.63, 3.8) is 0 Å². The van der Waals surface area contributed by atoms with Gasteiger partial charge in [-0.15, -0.1) is 0 Å². The first-order valence-corrected chi connectivity index (χ1v) is 17.2. The number of ether oxygens (including phenoxy) is 2. The van der Waals surface area contributed by atoms with Gasteiger partial charge in [0, 0.05) is 75.8 Å². The molecule has 10 nitrogen and oxygen atoms in total. The number of carbonyl (C=O) groups excluding carboxylic acids is 1. The van der Waals surface area contributed by atoms with Gasteiger partial charge in [0.1, 0.15) is 11.9 Å². The van der Waals surface area contributed by atoms with Crippen molar-refractivity contribution in [2.24, 2.45) is 0 Å². The molecule has 3 aliphatic rings. The third kappa shape index (κ3) is 6.26. The number of morpholine rings is 1. The van der Waals surface area contributed by atoms with Gasteiger partial charge in [-0.3, -0.25) is 14.7 Å². The number of benzene rings is 2. The zero-order valence-electron chi connectivity index (χ0n) is 28.8. The molecule has 0 saturated carbocycles. The number of aromatic nitrogens is 2. The van der Waals surface area contributed by atoms with Gasteiger partial charge in [-0.2, -0.15) is 18.4 Å². The Labute approximate surface area is 295 Å². The van der Waals surface area contributed by atoms with Gasteiger partial charge in [0.2, 0.25) is 0 Å². The van der Waals surface area contributed by atoms with Crippen LogP contribution in [-0.4, -0.2) is 97.0 Å². The fourth-order valence-electron chi connectivity index (χ4n) is 7.82. The number of methoxy groups -OCH3 is 1. The predicted octanol–water partition coefficient (Wildman–Crippen LogP) is 5.42. The molecule has 4 atom stereocenters. The van der Waals surface area contributed by atoms with Crippen molar-refractivity contribution in [1.29, 1.82) is 5.26 Å². The largest absolute Gasteiger partial charge is 0.430 e. The number of halogens is 3. The average molecular weight is 700 g/mol. The number of hydrogen-bond acceptors (Lipinski definition) is 9. The van der Waals surface area contributed by atoms with Crippen molar-refractivity contribution in [3.05, 3.63) is 95.3 Å². The highest BCUT2D eigenvalue weighted by Gasteiger charge is 2.64. The maximum Gasteiger partial charge on any atom is 0.430 e. The van der Waals surface area contributed by atoms with E-state index in [1.807, 2.05) is 36.4 Å². The summed E-state index contributed by atoms with van der Waals surface area (Å²) in [7, 11) is 0.925. The molecule has 0 radical (unpaired) electrons. The summed E-state index contributed by atoms with van der Waals surface area (Å²) in [6, 6.07) is 20.2. The zero-order valence-corrected chi connectivity index (χ0v) is 28.8. The first-order chi connectivity index (χ1) is 24.5. The first-order valence-electron chi connectivity index (χ1n) is 17.2. The Morgan fingerprint density at radius 3 is 2.45 bits per heavy atom. The molecule has 1 unspecified atom stereocenters. The van der Waals surface area contributed by atoms with Crippen LogP contribution < -0.4 is 9.80 Å². The summed E-state index contributed by atoms with van der Waals surface area (Å²) < 4.78 is 55.5. The predicted molar refractivity (Wildman–Crippen MR) is 186 cm³/mol. The van der Waals surface area contributed by atoms with Crippen LogP contribution in [0.25, 0.3) is 10.9 Å². The number of hydrogen-bond donors (Lipinski definition) is 0. The van der Waals surface area contributed by atoms with Crippen LogP contribution in [0, 0.1) is 11.3 Å². The molecule has 1 amide bonds. The quantitative estimate of drug-likeness (QED) is 0.251. The van der Waals surface area contributed by atoms with Crippen molar-refractivity contribution >= 4 is 28.3 Å². The molecule has 13 heteroatoms. The van der Waals surface area contributed by atoms with Crippen molar-refractivity contribution < 1.29 is 27.4 Å². The summed E-state index contributed by atoms with van der Waals surface area (Å²) in [6.07, 6.45) is -3.27. The van der Waals surface area contributed by atoms with Crippen molar-refractivity contribution in [2.75, 3.05) is 62.7 Å². The molecule has 0 aliphatic carbocycles. The van der Waals surface area contributed by atoms with Gasteiger partial charge in [0.05, 0.1) is 41.6 Å². The monoisotopic (exact) mass is 699 g/mol. The molecule has 0 N–H and O–H groups in total. The highest BCUT2D eigenvalue weighted by atomic mass is 19.4. The second kappa shape index (κ2) is 13.7. The van der Waals surface area contributed by atoms with Gasteiger partial charge in [0.15, 0.2) is 0 Å². The van der Waals surface area contributed by atoms with Crippen LogP contribution >= 0.6 is 0 Å². The zero-order chi connectivity index (χ0) is 35.9. The Bertz CT molecular complexity index is 1950. The summed E-state index contributed by atoms with van der Waals surface area (Å²) in [5.41, 5.74) is 0.228. The first kappa shape index (κ1) is 34.7. The molecule has 5 heterocycles. The molecular formula is C38H40F3N7O3. The normalized spacial score (nSPS) is 22.5. The van der Waals surface area contributed by atoms with Crippen LogP contribution in [0.5, 0.6) is 0 Å². The molecule has 7 rings (SSSR count). The van der Waals surface area contributed by atoms with E-state index in [1.165, 1.54) is 29.2 Å². The van der Waals surface area contributed by atoms with Crippen LogP contribution in [0.15, 0.2) is 72.9 Å². The maximum atomic E-state index is 14.7. The van der Waals surface area contributed by atoms with E-state index < -0.39 is 23.7 Å². The lowest BCUT2D eigenvalue weighted by Gasteiger charge is -2.42. The van der Waals surface area contributed by atoms with E-state index in [4.69, 9.17) is 14.5 Å². The van der Waals surface area contributed by atoms with Crippen LogP contribution in [0.2, 0.25) is 0 Å². The maximum absolute atomic E-state index is 14.7. The Kier molecular flexibility index (Phi) is 9.34. The number of rotatable bonds is 7. The summed E-state index contributed by atoms with van der Waals surface area (Å²) in [5, 5.41) is 10.5. The Hall–Kier alpha value is -4.77. The molecule has 2 saturated heterocycles. The fraction of sp³-hybridized carbons (Fsp3) is 0.421. The fourth-order valence-corrected chi connectivity index (χ4v) is 7.82. The number of piperazine rings is 1. The molecular weight excluding hydrogens is 659 g/mol. The third-order valence-electron chi connectivity index (χ3n) is 10.4. The number of nitriles is 1. The molecule has 51 heavy (non-hydrogen) atoms. The van der Waals surface area contributed by atoms with Gasteiger partial charge < -0.3 is 24.2 Å². The smallest absolute Gasteiger partial charge is 0.370 e. The van der Waals surface area contributed by atoms with Crippen LogP contribution in [0.4, 0.5) is 24.7 Å². The molecule has 266 valence electrons. The number of pyridine rings is 2. The highest BCUT2D eigenvalue weighted by molar-refractivity contribution is 5.95. The molecule has 0 bridgehead atoms. The van der Waals surface area contributed by atoms with Gasteiger partial charge in [-0.25, -0.2) is 4.98 Å². The standard InChI is InChI=1S/C38H40F3N7O3/c1-25-21-47(33-13-11-27(20-42)35-31(33)10-7-15-43-35)23-29(51-25)22-45-16-18-46(19-17-45)34-14-12-30-26(2)48(24-32(30)44-34)36(49)37(50-3,38(39,40)41)28-8-5-4-6-9-28/h4-15,25-26,29H,16-19,21-24H2,1-3H3/t25-,26+,29+,37?/m1/s1. The molecule has 0 spiro atoms. The Morgan fingerprint density at radius 2 is 1.75 bits per heavy atom. The second-order valence-electron chi connectivity index (χ2n) is 13.5. The Morgan fingerprint density at radius 1 is 0.980 bits per heavy atom. The summed E-state index contributed by atoms with van der Waals surface area (Å²) in [6.45, 7) is 8.98. The lowest BCUT2D eigenvalue weighted by molar-refractivity contribution is -0.271. The number of fused-ring (bicyclic) bond motifs is 2. The average Bonchev–Trinajstić information content (AvgIpc) is 3.46. The Balaban J connectivity index is 1.01. The van der Waals surface area contributed by atoms with Crippen LogP contribution in [0.1, 0.15) is 42.3 Å². The number of nitrogens with zero attached hydrogens (tertiary/aromatic N) is 7. The van der Waals surface area contributed by atoms with E-state index in [-0.39, 0.29) is 24.3 Å². The number of anilines is 2. The van der Waals surface area contributed by atoms with E-state index in [9.17, 15) is 23.2 Å². The van der Waals surface area contributed by atoms with E-state index in [0.717, 1.165) is 68.8 Å². The van der Waals surface area contributed by atoms with E-state index in [1.54, 1.807) is 19.2 Å².